The van der Waals surface area contributed by atoms with Crippen molar-refractivity contribution in [2.45, 2.75) is 38.9 Å². The summed E-state index contributed by atoms with van der Waals surface area (Å²) >= 11 is 0. The molecule has 98 valence electrons. The van der Waals surface area contributed by atoms with Crippen LogP contribution in [0.4, 0.5) is 18.9 Å². The molecule has 0 aliphatic carbocycles. The van der Waals surface area contributed by atoms with E-state index < -0.39 is 11.7 Å². The molecule has 0 aliphatic heterocycles. The van der Waals surface area contributed by atoms with Crippen molar-refractivity contribution in [1.82, 2.24) is 0 Å². The minimum atomic E-state index is -4.46. The average molecular weight is 256 g/mol. The van der Waals surface area contributed by atoms with Gasteiger partial charge in [-0.05, 0) is 31.5 Å². The average Bonchev–Trinajstić information content (AvgIpc) is 2.28. The Morgan fingerprint density at radius 2 is 2.06 bits per heavy atom. The largest absolute Gasteiger partial charge is 0.418 e. The Bertz CT molecular complexity index is 447. The first-order valence-corrected chi connectivity index (χ1v) is 5.76. The molecule has 0 amide bonds. The monoisotopic (exact) mass is 256 g/mol. The molecule has 0 aromatic heterocycles. The standard InChI is InChI=1S/C13H15F3N2/c1-3-4-9(2)18-12-6-5-10(8-17)7-11(12)13(14,15)16/h5-7,9,18H,3-4H2,1-2H3. The van der Waals surface area contributed by atoms with Crippen LogP contribution < -0.4 is 5.32 Å². The molecule has 18 heavy (non-hydrogen) atoms. The van der Waals surface area contributed by atoms with E-state index in [1.165, 1.54) is 12.1 Å². The van der Waals surface area contributed by atoms with Gasteiger partial charge < -0.3 is 5.32 Å². The highest BCUT2D eigenvalue weighted by Crippen LogP contribution is 2.35. The van der Waals surface area contributed by atoms with Crippen molar-refractivity contribution in [2.75, 3.05) is 5.32 Å². The maximum absolute atomic E-state index is 12.9. The van der Waals surface area contributed by atoms with Crippen molar-refractivity contribution in [2.24, 2.45) is 0 Å². The number of halogens is 3. The van der Waals surface area contributed by atoms with E-state index in [2.05, 4.69) is 5.32 Å². The number of rotatable bonds is 4. The molecule has 1 rings (SSSR count). The highest BCUT2D eigenvalue weighted by molar-refractivity contribution is 5.56. The fraction of sp³-hybridized carbons (Fsp3) is 0.462. The van der Waals surface area contributed by atoms with Gasteiger partial charge in [-0.3, -0.25) is 0 Å². The minimum Gasteiger partial charge on any atom is -0.382 e. The maximum Gasteiger partial charge on any atom is 0.418 e. The summed E-state index contributed by atoms with van der Waals surface area (Å²) < 4.78 is 38.6. The van der Waals surface area contributed by atoms with Crippen molar-refractivity contribution in [3.63, 3.8) is 0 Å². The van der Waals surface area contributed by atoms with Gasteiger partial charge in [-0.2, -0.15) is 18.4 Å². The van der Waals surface area contributed by atoms with E-state index in [9.17, 15) is 13.2 Å². The molecule has 1 N–H and O–H groups in total. The SMILES string of the molecule is CCCC(C)Nc1ccc(C#N)cc1C(F)(F)F. The molecule has 1 atom stereocenters. The second-order valence-corrected chi connectivity index (χ2v) is 4.20. The number of nitrogens with one attached hydrogen (secondary N) is 1. The number of nitrogens with zero attached hydrogens (tertiary/aromatic N) is 1. The summed E-state index contributed by atoms with van der Waals surface area (Å²) in [7, 11) is 0. The van der Waals surface area contributed by atoms with Crippen LogP contribution in [0, 0.1) is 11.3 Å². The first kappa shape index (κ1) is 14.4. The van der Waals surface area contributed by atoms with Gasteiger partial charge in [0.25, 0.3) is 0 Å². The first-order chi connectivity index (χ1) is 8.38. The van der Waals surface area contributed by atoms with Crippen molar-refractivity contribution in [3.8, 4) is 6.07 Å². The summed E-state index contributed by atoms with van der Waals surface area (Å²) in [5.74, 6) is 0. The summed E-state index contributed by atoms with van der Waals surface area (Å²) in [6.45, 7) is 3.81. The molecule has 2 nitrogen and oxygen atoms in total. The molecule has 0 bridgehead atoms. The van der Waals surface area contributed by atoms with Crippen molar-refractivity contribution < 1.29 is 13.2 Å². The van der Waals surface area contributed by atoms with Gasteiger partial charge >= 0.3 is 6.18 Å². The molecule has 1 aromatic carbocycles. The van der Waals surface area contributed by atoms with Gasteiger partial charge in [0.05, 0.1) is 17.2 Å². The van der Waals surface area contributed by atoms with Crippen LogP contribution >= 0.6 is 0 Å². The quantitative estimate of drug-likeness (QED) is 0.877. The fourth-order valence-electron chi connectivity index (χ4n) is 1.74. The normalized spacial score (nSPS) is 12.9. The molecule has 0 fully saturated rings. The smallest absolute Gasteiger partial charge is 0.382 e. The predicted molar refractivity (Wildman–Crippen MR) is 64.2 cm³/mol. The van der Waals surface area contributed by atoms with Crippen molar-refractivity contribution in [1.29, 1.82) is 5.26 Å². The van der Waals surface area contributed by atoms with E-state index in [1.54, 1.807) is 6.07 Å². The third-order valence-electron chi connectivity index (χ3n) is 2.58. The molecular weight excluding hydrogens is 241 g/mol. The second-order valence-electron chi connectivity index (χ2n) is 4.20. The Balaban J connectivity index is 3.08. The Hall–Kier alpha value is -1.70. The van der Waals surface area contributed by atoms with Gasteiger partial charge in [0, 0.05) is 11.7 Å². The molecule has 0 saturated carbocycles. The maximum atomic E-state index is 12.9. The third-order valence-corrected chi connectivity index (χ3v) is 2.58. The Labute approximate surface area is 104 Å². The summed E-state index contributed by atoms with van der Waals surface area (Å²) in [6, 6.07) is 5.25. The lowest BCUT2D eigenvalue weighted by Crippen LogP contribution is -2.18. The van der Waals surface area contributed by atoms with Gasteiger partial charge in [0.15, 0.2) is 0 Å². The lowest BCUT2D eigenvalue weighted by Gasteiger charge is -2.19. The Morgan fingerprint density at radius 1 is 1.39 bits per heavy atom. The molecule has 5 heteroatoms. The summed E-state index contributed by atoms with van der Waals surface area (Å²) in [6.07, 6.45) is -2.77. The van der Waals surface area contributed by atoms with Gasteiger partial charge in [-0.1, -0.05) is 13.3 Å². The van der Waals surface area contributed by atoms with Gasteiger partial charge in [0.1, 0.15) is 0 Å². The van der Waals surface area contributed by atoms with Crippen molar-refractivity contribution >= 4 is 5.69 Å². The highest BCUT2D eigenvalue weighted by atomic mass is 19.4. The summed E-state index contributed by atoms with van der Waals surface area (Å²) in [4.78, 5) is 0. The number of hydrogen-bond donors (Lipinski definition) is 1. The lowest BCUT2D eigenvalue weighted by molar-refractivity contribution is -0.137. The van der Waals surface area contributed by atoms with E-state index >= 15 is 0 Å². The number of benzene rings is 1. The molecule has 0 spiro atoms. The zero-order valence-electron chi connectivity index (χ0n) is 10.3. The molecule has 0 heterocycles. The molecular formula is C13H15F3N2. The third kappa shape index (κ3) is 3.66. The molecule has 0 saturated heterocycles. The van der Waals surface area contributed by atoms with Gasteiger partial charge in [-0.15, -0.1) is 0 Å². The first-order valence-electron chi connectivity index (χ1n) is 5.76. The molecule has 0 radical (unpaired) electrons. The highest BCUT2D eigenvalue weighted by Gasteiger charge is 2.34. The minimum absolute atomic E-state index is 0.0102. The molecule has 0 aliphatic rings. The summed E-state index contributed by atoms with van der Waals surface area (Å²) in [5, 5.41) is 11.5. The van der Waals surface area contributed by atoms with E-state index in [-0.39, 0.29) is 17.3 Å². The van der Waals surface area contributed by atoms with Crippen LogP contribution in [-0.2, 0) is 6.18 Å². The number of hydrogen-bond acceptors (Lipinski definition) is 2. The fourth-order valence-corrected chi connectivity index (χ4v) is 1.74. The number of alkyl halides is 3. The van der Waals surface area contributed by atoms with Crippen molar-refractivity contribution in [3.05, 3.63) is 29.3 Å². The number of anilines is 1. The lowest BCUT2D eigenvalue weighted by atomic mass is 10.1. The van der Waals surface area contributed by atoms with E-state index in [1.807, 2.05) is 13.8 Å². The number of nitriles is 1. The Morgan fingerprint density at radius 3 is 2.56 bits per heavy atom. The zero-order chi connectivity index (χ0) is 13.8. The summed E-state index contributed by atoms with van der Waals surface area (Å²) in [5.41, 5.74) is -0.747. The second kappa shape index (κ2) is 5.76. The van der Waals surface area contributed by atoms with Crippen LogP contribution in [0.1, 0.15) is 37.8 Å². The van der Waals surface area contributed by atoms with Crippen LogP contribution in [0.3, 0.4) is 0 Å². The van der Waals surface area contributed by atoms with Gasteiger partial charge in [0.2, 0.25) is 0 Å². The molecule has 1 aromatic rings. The van der Waals surface area contributed by atoms with E-state index in [0.29, 0.717) is 0 Å². The van der Waals surface area contributed by atoms with Gasteiger partial charge in [-0.25, -0.2) is 0 Å². The van der Waals surface area contributed by atoms with Crippen LogP contribution in [0.2, 0.25) is 0 Å². The van der Waals surface area contributed by atoms with Crippen LogP contribution in [0.5, 0.6) is 0 Å². The van der Waals surface area contributed by atoms with E-state index in [4.69, 9.17) is 5.26 Å². The predicted octanol–water partition coefficient (Wildman–Crippen LogP) is 4.18. The van der Waals surface area contributed by atoms with Crippen LogP contribution in [-0.4, -0.2) is 6.04 Å². The molecule has 1 unspecified atom stereocenters. The topological polar surface area (TPSA) is 35.8 Å². The van der Waals surface area contributed by atoms with E-state index in [0.717, 1.165) is 18.9 Å². The Kier molecular flexibility index (Phi) is 4.60. The van der Waals surface area contributed by atoms with Crippen LogP contribution in [0.15, 0.2) is 18.2 Å². The van der Waals surface area contributed by atoms with Crippen LogP contribution in [0.25, 0.3) is 0 Å². The zero-order valence-corrected chi connectivity index (χ0v) is 10.3.